The molecule has 0 saturated heterocycles. The maximum absolute atomic E-state index is 11.8. The standard InChI is InChI=1S/C15H11N3O2/c19-15(12-6-7-20-10-12)18-13-8-16-14(17-9-13)11-4-2-1-3-5-11/h1-10H,(H,18,19). The second-order valence-electron chi connectivity index (χ2n) is 4.13. The predicted octanol–water partition coefficient (Wildman–Crippen LogP) is 2.99. The summed E-state index contributed by atoms with van der Waals surface area (Å²) in [5, 5.41) is 2.70. The number of nitrogens with one attached hydrogen (secondary N) is 1. The van der Waals surface area contributed by atoms with Crippen LogP contribution in [0.2, 0.25) is 0 Å². The van der Waals surface area contributed by atoms with E-state index in [0.29, 0.717) is 17.1 Å². The lowest BCUT2D eigenvalue weighted by molar-refractivity contribution is 0.102. The third-order valence-electron chi connectivity index (χ3n) is 2.73. The van der Waals surface area contributed by atoms with Crippen molar-refractivity contribution in [3.63, 3.8) is 0 Å². The number of furan rings is 1. The van der Waals surface area contributed by atoms with Gasteiger partial charge in [0.25, 0.3) is 5.91 Å². The number of carbonyl (C=O) groups excluding carboxylic acids is 1. The van der Waals surface area contributed by atoms with Gasteiger partial charge in [0.15, 0.2) is 5.82 Å². The zero-order valence-electron chi connectivity index (χ0n) is 10.5. The van der Waals surface area contributed by atoms with E-state index in [1.54, 1.807) is 18.5 Å². The third kappa shape index (κ3) is 2.56. The second kappa shape index (κ2) is 5.36. The van der Waals surface area contributed by atoms with Gasteiger partial charge in [-0.2, -0.15) is 0 Å². The molecule has 98 valence electrons. The van der Waals surface area contributed by atoms with Gasteiger partial charge in [0, 0.05) is 5.56 Å². The number of aromatic nitrogens is 2. The Morgan fingerprint density at radius 1 is 1.05 bits per heavy atom. The topological polar surface area (TPSA) is 68.0 Å². The zero-order chi connectivity index (χ0) is 13.8. The molecular formula is C15H11N3O2. The minimum atomic E-state index is -0.255. The molecule has 0 bridgehead atoms. The Kier molecular flexibility index (Phi) is 3.24. The van der Waals surface area contributed by atoms with E-state index < -0.39 is 0 Å². The molecule has 0 aliphatic carbocycles. The van der Waals surface area contributed by atoms with Crippen molar-refractivity contribution in [2.24, 2.45) is 0 Å². The van der Waals surface area contributed by atoms with Crippen molar-refractivity contribution in [1.29, 1.82) is 0 Å². The fraction of sp³-hybridized carbons (Fsp3) is 0. The van der Waals surface area contributed by atoms with Gasteiger partial charge in [-0.15, -0.1) is 0 Å². The fourth-order valence-electron chi connectivity index (χ4n) is 1.73. The molecule has 0 spiro atoms. The van der Waals surface area contributed by atoms with E-state index in [0.717, 1.165) is 5.56 Å². The number of nitrogens with zero attached hydrogens (tertiary/aromatic N) is 2. The Bertz CT molecular complexity index is 692. The molecule has 0 unspecified atom stereocenters. The van der Waals surface area contributed by atoms with Crippen molar-refractivity contribution in [3.05, 3.63) is 66.9 Å². The molecule has 1 N–H and O–H groups in total. The molecule has 5 nitrogen and oxygen atoms in total. The molecule has 5 heteroatoms. The van der Waals surface area contributed by atoms with E-state index in [9.17, 15) is 4.79 Å². The van der Waals surface area contributed by atoms with Gasteiger partial charge in [-0.3, -0.25) is 4.79 Å². The highest BCUT2D eigenvalue weighted by Gasteiger charge is 2.08. The molecule has 20 heavy (non-hydrogen) atoms. The fourth-order valence-corrected chi connectivity index (χ4v) is 1.73. The largest absolute Gasteiger partial charge is 0.472 e. The summed E-state index contributed by atoms with van der Waals surface area (Å²) in [5.74, 6) is 0.363. The Labute approximate surface area is 115 Å². The van der Waals surface area contributed by atoms with Crippen molar-refractivity contribution in [2.75, 3.05) is 5.32 Å². The summed E-state index contributed by atoms with van der Waals surface area (Å²) in [5.41, 5.74) is 1.92. The van der Waals surface area contributed by atoms with Gasteiger partial charge in [0.1, 0.15) is 6.26 Å². The van der Waals surface area contributed by atoms with E-state index in [4.69, 9.17) is 4.42 Å². The smallest absolute Gasteiger partial charge is 0.258 e. The molecule has 0 aliphatic heterocycles. The second-order valence-corrected chi connectivity index (χ2v) is 4.13. The number of hydrogen-bond donors (Lipinski definition) is 1. The van der Waals surface area contributed by atoms with Crippen LogP contribution in [0.3, 0.4) is 0 Å². The molecule has 0 fully saturated rings. The molecule has 1 aromatic carbocycles. The Hall–Kier alpha value is -2.95. The van der Waals surface area contributed by atoms with Gasteiger partial charge in [0.05, 0.1) is 29.9 Å². The van der Waals surface area contributed by atoms with E-state index in [2.05, 4.69) is 15.3 Å². The van der Waals surface area contributed by atoms with Crippen LogP contribution in [0.25, 0.3) is 11.4 Å². The first-order chi connectivity index (χ1) is 9.83. The Morgan fingerprint density at radius 2 is 1.80 bits per heavy atom. The highest BCUT2D eigenvalue weighted by atomic mass is 16.3. The molecule has 1 amide bonds. The van der Waals surface area contributed by atoms with Crippen molar-refractivity contribution < 1.29 is 9.21 Å². The van der Waals surface area contributed by atoms with Crippen LogP contribution in [-0.4, -0.2) is 15.9 Å². The number of rotatable bonds is 3. The average molecular weight is 265 g/mol. The van der Waals surface area contributed by atoms with Gasteiger partial charge >= 0.3 is 0 Å². The highest BCUT2D eigenvalue weighted by Crippen LogP contribution is 2.15. The lowest BCUT2D eigenvalue weighted by Gasteiger charge is -2.04. The van der Waals surface area contributed by atoms with Crippen molar-refractivity contribution in [1.82, 2.24) is 9.97 Å². The minimum absolute atomic E-state index is 0.255. The minimum Gasteiger partial charge on any atom is -0.472 e. The van der Waals surface area contributed by atoms with Crippen LogP contribution in [0.15, 0.2) is 65.7 Å². The SMILES string of the molecule is O=C(Nc1cnc(-c2ccccc2)nc1)c1ccoc1. The van der Waals surface area contributed by atoms with Gasteiger partial charge in [-0.05, 0) is 6.07 Å². The molecule has 2 aromatic heterocycles. The average Bonchev–Trinajstić information content (AvgIpc) is 3.03. The van der Waals surface area contributed by atoms with E-state index >= 15 is 0 Å². The van der Waals surface area contributed by atoms with Gasteiger partial charge < -0.3 is 9.73 Å². The van der Waals surface area contributed by atoms with Crippen LogP contribution in [0.1, 0.15) is 10.4 Å². The first kappa shape index (κ1) is 12.1. The molecule has 0 radical (unpaired) electrons. The highest BCUT2D eigenvalue weighted by molar-refractivity contribution is 6.03. The van der Waals surface area contributed by atoms with Crippen LogP contribution in [0, 0.1) is 0 Å². The van der Waals surface area contributed by atoms with Crippen LogP contribution in [0.5, 0.6) is 0 Å². The molecular weight excluding hydrogens is 254 g/mol. The van der Waals surface area contributed by atoms with E-state index in [-0.39, 0.29) is 5.91 Å². The Balaban J connectivity index is 1.75. The summed E-state index contributed by atoms with van der Waals surface area (Å²) in [6.45, 7) is 0. The Morgan fingerprint density at radius 3 is 2.45 bits per heavy atom. The summed E-state index contributed by atoms with van der Waals surface area (Å²) in [6, 6.07) is 11.2. The summed E-state index contributed by atoms with van der Waals surface area (Å²) < 4.78 is 4.86. The van der Waals surface area contributed by atoms with Crippen LogP contribution in [0.4, 0.5) is 5.69 Å². The van der Waals surface area contributed by atoms with Crippen molar-refractivity contribution in [3.8, 4) is 11.4 Å². The molecule has 3 rings (SSSR count). The van der Waals surface area contributed by atoms with Crippen molar-refractivity contribution in [2.45, 2.75) is 0 Å². The third-order valence-corrected chi connectivity index (χ3v) is 2.73. The lowest BCUT2D eigenvalue weighted by Crippen LogP contribution is -2.11. The molecule has 0 aliphatic rings. The summed E-state index contributed by atoms with van der Waals surface area (Å²) in [7, 11) is 0. The number of benzene rings is 1. The number of amides is 1. The quantitative estimate of drug-likeness (QED) is 0.790. The van der Waals surface area contributed by atoms with Crippen LogP contribution < -0.4 is 5.32 Å². The molecule has 3 aromatic rings. The molecule has 2 heterocycles. The van der Waals surface area contributed by atoms with E-state index in [1.807, 2.05) is 30.3 Å². The van der Waals surface area contributed by atoms with Gasteiger partial charge in [0.2, 0.25) is 0 Å². The number of carbonyl (C=O) groups is 1. The predicted molar refractivity (Wildman–Crippen MR) is 74.1 cm³/mol. The zero-order valence-corrected chi connectivity index (χ0v) is 10.5. The number of anilines is 1. The normalized spacial score (nSPS) is 10.2. The molecule has 0 atom stereocenters. The van der Waals surface area contributed by atoms with Crippen LogP contribution >= 0.6 is 0 Å². The maximum Gasteiger partial charge on any atom is 0.258 e. The lowest BCUT2D eigenvalue weighted by atomic mass is 10.2. The number of hydrogen-bond acceptors (Lipinski definition) is 4. The molecule has 0 saturated carbocycles. The monoisotopic (exact) mass is 265 g/mol. The van der Waals surface area contributed by atoms with Gasteiger partial charge in [-0.1, -0.05) is 30.3 Å². The first-order valence-electron chi connectivity index (χ1n) is 6.04. The van der Waals surface area contributed by atoms with Crippen molar-refractivity contribution >= 4 is 11.6 Å². The summed E-state index contributed by atoms with van der Waals surface area (Å²) in [6.07, 6.45) is 5.99. The first-order valence-corrected chi connectivity index (χ1v) is 6.04. The van der Waals surface area contributed by atoms with Gasteiger partial charge in [-0.25, -0.2) is 9.97 Å². The summed E-state index contributed by atoms with van der Waals surface area (Å²) in [4.78, 5) is 20.3. The summed E-state index contributed by atoms with van der Waals surface area (Å²) >= 11 is 0. The maximum atomic E-state index is 11.8. The van der Waals surface area contributed by atoms with Crippen LogP contribution in [-0.2, 0) is 0 Å². The van der Waals surface area contributed by atoms with E-state index in [1.165, 1.54) is 12.5 Å².